The quantitative estimate of drug-likeness (QED) is 0.917. The topological polar surface area (TPSA) is 73.5 Å². The highest BCUT2D eigenvalue weighted by atomic mass is 16.5. The van der Waals surface area contributed by atoms with Gasteiger partial charge in [0.15, 0.2) is 5.58 Å². The molecule has 0 radical (unpaired) electrons. The molecule has 2 aliphatic rings. The summed E-state index contributed by atoms with van der Waals surface area (Å²) in [5.74, 6) is -0.642. The molecule has 1 aromatic carbocycles. The number of fused-ring (bicyclic) bond motifs is 1. The third-order valence-corrected chi connectivity index (χ3v) is 5.41. The maximum absolute atomic E-state index is 12.7. The predicted molar refractivity (Wildman–Crippen MR) is 89.1 cm³/mol. The van der Waals surface area contributed by atoms with Crippen molar-refractivity contribution >= 4 is 17.0 Å². The molecular weight excluding hydrogens is 308 g/mol. The molecule has 6 nitrogen and oxygen atoms in total. The monoisotopic (exact) mass is 330 g/mol. The summed E-state index contributed by atoms with van der Waals surface area (Å²) in [4.78, 5) is 24.4. The largest absolute Gasteiger partial charge is 0.419 e. The second-order valence-corrected chi connectivity index (χ2v) is 6.98. The average Bonchev–Trinajstić information content (AvgIpc) is 3.13. The van der Waals surface area contributed by atoms with Crippen molar-refractivity contribution in [3.8, 4) is 0 Å². The Morgan fingerprint density at radius 2 is 2.12 bits per heavy atom. The first kappa shape index (κ1) is 15.4. The van der Waals surface area contributed by atoms with E-state index in [-0.39, 0.29) is 17.6 Å². The van der Waals surface area contributed by atoms with Crippen molar-refractivity contribution in [3.63, 3.8) is 0 Å². The van der Waals surface area contributed by atoms with Gasteiger partial charge < -0.3 is 14.5 Å². The van der Waals surface area contributed by atoms with E-state index in [2.05, 4.69) is 5.32 Å². The lowest BCUT2D eigenvalue weighted by Crippen LogP contribution is -2.47. The van der Waals surface area contributed by atoms with E-state index in [1.807, 2.05) is 0 Å². The fourth-order valence-electron chi connectivity index (χ4n) is 4.11. The van der Waals surface area contributed by atoms with Gasteiger partial charge in [0.1, 0.15) is 0 Å². The van der Waals surface area contributed by atoms with Crippen molar-refractivity contribution in [2.45, 2.75) is 50.2 Å². The van der Waals surface area contributed by atoms with E-state index in [0.717, 1.165) is 25.7 Å². The molecule has 2 fully saturated rings. The third kappa shape index (κ3) is 2.55. The Balaban J connectivity index is 1.56. The van der Waals surface area contributed by atoms with Crippen molar-refractivity contribution in [2.24, 2.45) is 7.05 Å². The average molecular weight is 330 g/mol. The van der Waals surface area contributed by atoms with Gasteiger partial charge in [0.25, 0.3) is 5.91 Å². The van der Waals surface area contributed by atoms with E-state index in [9.17, 15) is 9.59 Å². The fourth-order valence-corrected chi connectivity index (χ4v) is 4.11. The Morgan fingerprint density at radius 1 is 1.33 bits per heavy atom. The van der Waals surface area contributed by atoms with E-state index >= 15 is 0 Å². The Bertz CT molecular complexity index is 829. The van der Waals surface area contributed by atoms with E-state index in [1.54, 1.807) is 25.2 Å². The minimum Gasteiger partial charge on any atom is -0.407 e. The maximum Gasteiger partial charge on any atom is 0.419 e. The lowest BCUT2D eigenvalue weighted by atomic mass is 9.89. The number of benzene rings is 1. The zero-order chi connectivity index (χ0) is 16.7. The molecule has 24 heavy (non-hydrogen) atoms. The molecule has 1 N–H and O–H groups in total. The van der Waals surface area contributed by atoms with Gasteiger partial charge in [-0.3, -0.25) is 9.36 Å². The van der Waals surface area contributed by atoms with E-state index in [4.69, 9.17) is 9.15 Å². The Morgan fingerprint density at radius 3 is 2.92 bits per heavy atom. The normalized spacial score (nSPS) is 23.0. The zero-order valence-electron chi connectivity index (χ0n) is 13.8. The van der Waals surface area contributed by atoms with Crippen LogP contribution >= 0.6 is 0 Å². The van der Waals surface area contributed by atoms with Gasteiger partial charge in [-0.05, 0) is 37.8 Å². The Kier molecular flexibility index (Phi) is 3.72. The standard InChI is InChI=1S/C18H22N2O4/c1-20-14-6-4-5-13(15(14)24-17(20)22)16(21)19-12-7-10-23-18(11-12)8-2-3-9-18/h4-6,12H,2-3,7-11H2,1H3,(H,19,21). The number of carbonyl (C=O) groups excluding carboxylic acids is 1. The molecule has 2 heterocycles. The highest BCUT2D eigenvalue weighted by Crippen LogP contribution is 2.40. The fraction of sp³-hybridized carbons (Fsp3) is 0.556. The molecule has 1 atom stereocenters. The molecule has 2 aromatic rings. The zero-order valence-corrected chi connectivity index (χ0v) is 13.8. The molecule has 1 aromatic heterocycles. The molecule has 1 aliphatic heterocycles. The summed E-state index contributed by atoms with van der Waals surface area (Å²) in [7, 11) is 1.64. The van der Waals surface area contributed by atoms with Crippen LogP contribution in [-0.2, 0) is 11.8 Å². The first-order valence-electron chi connectivity index (χ1n) is 8.61. The maximum atomic E-state index is 12.7. The summed E-state index contributed by atoms with van der Waals surface area (Å²) in [6.45, 7) is 0.690. The SMILES string of the molecule is Cn1c(=O)oc2c(C(=O)NC3CCOC4(CCCC4)C3)cccc21. The number of aromatic nitrogens is 1. The van der Waals surface area contributed by atoms with Crippen molar-refractivity contribution in [3.05, 3.63) is 34.3 Å². The van der Waals surface area contributed by atoms with Gasteiger partial charge in [0, 0.05) is 19.7 Å². The van der Waals surface area contributed by atoms with Crippen LogP contribution in [0, 0.1) is 0 Å². The third-order valence-electron chi connectivity index (χ3n) is 5.41. The number of hydrogen-bond donors (Lipinski definition) is 1. The number of para-hydroxylation sites is 1. The molecule has 1 spiro atoms. The molecule has 4 rings (SSSR count). The lowest BCUT2D eigenvalue weighted by Gasteiger charge is -2.38. The van der Waals surface area contributed by atoms with Crippen LogP contribution in [-0.4, -0.2) is 28.7 Å². The number of amides is 1. The van der Waals surface area contributed by atoms with Crippen molar-refractivity contribution < 1.29 is 13.9 Å². The van der Waals surface area contributed by atoms with E-state index in [1.165, 1.54) is 17.4 Å². The van der Waals surface area contributed by atoms with Crippen LogP contribution in [0.1, 0.15) is 48.9 Å². The van der Waals surface area contributed by atoms with Crippen LogP contribution in [0.5, 0.6) is 0 Å². The molecule has 1 aliphatic carbocycles. The van der Waals surface area contributed by atoms with Crippen LogP contribution in [0.15, 0.2) is 27.4 Å². The van der Waals surface area contributed by atoms with Gasteiger partial charge in [-0.25, -0.2) is 4.79 Å². The number of nitrogens with one attached hydrogen (secondary N) is 1. The number of aryl methyl sites for hydroxylation is 1. The first-order valence-corrected chi connectivity index (χ1v) is 8.61. The number of carbonyl (C=O) groups is 1. The first-order chi connectivity index (χ1) is 11.6. The highest BCUT2D eigenvalue weighted by Gasteiger charge is 2.40. The molecule has 1 saturated heterocycles. The number of ether oxygens (including phenoxy) is 1. The van der Waals surface area contributed by atoms with Crippen LogP contribution in [0.3, 0.4) is 0 Å². The van der Waals surface area contributed by atoms with Crippen LogP contribution in [0.2, 0.25) is 0 Å². The van der Waals surface area contributed by atoms with Gasteiger partial charge in [0.2, 0.25) is 0 Å². The smallest absolute Gasteiger partial charge is 0.407 e. The van der Waals surface area contributed by atoms with Crippen molar-refractivity contribution in [1.29, 1.82) is 0 Å². The summed E-state index contributed by atoms with van der Waals surface area (Å²) in [6.07, 6.45) is 6.27. The molecule has 0 bridgehead atoms. The minimum absolute atomic E-state index is 0.0402. The molecule has 6 heteroatoms. The van der Waals surface area contributed by atoms with Gasteiger partial charge in [0.05, 0.1) is 16.7 Å². The summed E-state index contributed by atoms with van der Waals surface area (Å²) in [6, 6.07) is 5.36. The summed E-state index contributed by atoms with van der Waals surface area (Å²) < 4.78 is 12.7. The molecule has 1 saturated carbocycles. The van der Waals surface area contributed by atoms with Crippen molar-refractivity contribution in [2.75, 3.05) is 6.61 Å². The molecule has 128 valence electrons. The van der Waals surface area contributed by atoms with Crippen LogP contribution in [0.25, 0.3) is 11.1 Å². The molecule has 1 unspecified atom stereocenters. The lowest BCUT2D eigenvalue weighted by molar-refractivity contribution is -0.0823. The van der Waals surface area contributed by atoms with Gasteiger partial charge in [-0.2, -0.15) is 0 Å². The number of hydrogen-bond acceptors (Lipinski definition) is 4. The van der Waals surface area contributed by atoms with Gasteiger partial charge in [-0.15, -0.1) is 0 Å². The highest BCUT2D eigenvalue weighted by molar-refractivity contribution is 6.04. The van der Waals surface area contributed by atoms with Crippen molar-refractivity contribution in [1.82, 2.24) is 9.88 Å². The summed E-state index contributed by atoms with van der Waals surface area (Å²) >= 11 is 0. The summed E-state index contributed by atoms with van der Waals surface area (Å²) in [5, 5.41) is 3.12. The molecular formula is C18H22N2O4. The van der Waals surface area contributed by atoms with E-state index in [0.29, 0.717) is 23.3 Å². The summed E-state index contributed by atoms with van der Waals surface area (Å²) in [5.41, 5.74) is 1.36. The Labute approximate surface area is 139 Å². The predicted octanol–water partition coefficient (Wildman–Crippen LogP) is 2.35. The van der Waals surface area contributed by atoms with E-state index < -0.39 is 5.76 Å². The van der Waals surface area contributed by atoms with Crippen LogP contribution < -0.4 is 11.1 Å². The second-order valence-electron chi connectivity index (χ2n) is 6.98. The van der Waals surface area contributed by atoms with Gasteiger partial charge in [-0.1, -0.05) is 18.9 Å². The number of rotatable bonds is 2. The van der Waals surface area contributed by atoms with Gasteiger partial charge >= 0.3 is 5.76 Å². The van der Waals surface area contributed by atoms with Crippen LogP contribution in [0.4, 0.5) is 0 Å². The second kappa shape index (κ2) is 5.77. The minimum atomic E-state index is -0.457. The Hall–Kier alpha value is -2.08. The number of nitrogens with zero attached hydrogens (tertiary/aromatic N) is 1. The molecule has 1 amide bonds. The number of oxazole rings is 1.